The van der Waals surface area contributed by atoms with Crippen LogP contribution in [0.4, 0.5) is 0 Å². The molecule has 2 aromatic rings. The SMILES string of the molecule is CCCC=Cc1ccc(C(O)c2cccc(C(OC)OC)c2)cc1. The Kier molecular flexibility index (Phi) is 7.19. The van der Waals surface area contributed by atoms with Gasteiger partial charge in [0.25, 0.3) is 0 Å². The molecule has 0 aliphatic heterocycles. The first-order valence-electron chi connectivity index (χ1n) is 8.29. The summed E-state index contributed by atoms with van der Waals surface area (Å²) < 4.78 is 10.6. The number of hydrogen-bond donors (Lipinski definition) is 1. The molecule has 128 valence electrons. The summed E-state index contributed by atoms with van der Waals surface area (Å²) in [5.41, 5.74) is 3.72. The molecular formula is C21H26O3. The minimum Gasteiger partial charge on any atom is -0.384 e. The summed E-state index contributed by atoms with van der Waals surface area (Å²) in [6.07, 6.45) is 5.41. The fourth-order valence-electron chi connectivity index (χ4n) is 2.61. The van der Waals surface area contributed by atoms with Crippen molar-refractivity contribution in [1.82, 2.24) is 0 Å². The van der Waals surface area contributed by atoms with Gasteiger partial charge in [-0.25, -0.2) is 0 Å². The molecule has 2 rings (SSSR count). The number of hydrogen-bond acceptors (Lipinski definition) is 3. The maximum Gasteiger partial charge on any atom is 0.183 e. The molecule has 24 heavy (non-hydrogen) atoms. The summed E-state index contributed by atoms with van der Waals surface area (Å²) in [5, 5.41) is 10.6. The van der Waals surface area contributed by atoms with Crippen LogP contribution in [0.15, 0.2) is 54.6 Å². The highest BCUT2D eigenvalue weighted by atomic mass is 16.7. The number of rotatable bonds is 8. The lowest BCUT2D eigenvalue weighted by atomic mass is 9.98. The Balaban J connectivity index is 2.16. The summed E-state index contributed by atoms with van der Waals surface area (Å²) in [4.78, 5) is 0. The second-order valence-corrected chi connectivity index (χ2v) is 5.73. The molecule has 2 aromatic carbocycles. The minimum absolute atomic E-state index is 0.428. The topological polar surface area (TPSA) is 38.7 Å². The third-order valence-corrected chi connectivity index (χ3v) is 3.94. The lowest BCUT2D eigenvalue weighted by molar-refractivity contribution is -0.106. The Morgan fingerprint density at radius 3 is 2.25 bits per heavy atom. The number of ether oxygens (including phenoxy) is 2. The van der Waals surface area contributed by atoms with E-state index in [-0.39, 0.29) is 0 Å². The summed E-state index contributed by atoms with van der Waals surface area (Å²) in [7, 11) is 3.20. The monoisotopic (exact) mass is 326 g/mol. The van der Waals surface area contributed by atoms with Gasteiger partial charge in [-0.15, -0.1) is 0 Å². The van der Waals surface area contributed by atoms with E-state index < -0.39 is 12.4 Å². The predicted octanol–water partition coefficient (Wildman–Crippen LogP) is 4.87. The lowest BCUT2D eigenvalue weighted by Gasteiger charge is -2.17. The van der Waals surface area contributed by atoms with E-state index in [0.29, 0.717) is 0 Å². The maximum atomic E-state index is 10.6. The molecular weight excluding hydrogens is 300 g/mol. The first-order chi connectivity index (χ1) is 11.7. The van der Waals surface area contributed by atoms with Crippen molar-refractivity contribution in [1.29, 1.82) is 0 Å². The molecule has 0 aliphatic rings. The van der Waals surface area contributed by atoms with Crippen molar-refractivity contribution in [2.24, 2.45) is 0 Å². The third-order valence-electron chi connectivity index (χ3n) is 3.94. The van der Waals surface area contributed by atoms with E-state index in [1.807, 2.05) is 48.5 Å². The average Bonchev–Trinajstić information content (AvgIpc) is 2.63. The van der Waals surface area contributed by atoms with E-state index in [4.69, 9.17) is 9.47 Å². The van der Waals surface area contributed by atoms with Gasteiger partial charge < -0.3 is 14.6 Å². The molecule has 0 aromatic heterocycles. The highest BCUT2D eigenvalue weighted by Gasteiger charge is 2.14. The van der Waals surface area contributed by atoms with Gasteiger partial charge in [0, 0.05) is 19.8 Å². The van der Waals surface area contributed by atoms with Crippen LogP contribution in [0.5, 0.6) is 0 Å². The Labute approximate surface area is 144 Å². The number of methoxy groups -OCH3 is 2. The van der Waals surface area contributed by atoms with Crippen molar-refractivity contribution in [2.45, 2.75) is 32.2 Å². The molecule has 0 fully saturated rings. The van der Waals surface area contributed by atoms with Gasteiger partial charge in [-0.1, -0.05) is 68.0 Å². The normalized spacial score (nSPS) is 12.9. The second kappa shape index (κ2) is 9.38. The zero-order valence-electron chi connectivity index (χ0n) is 14.6. The average molecular weight is 326 g/mol. The van der Waals surface area contributed by atoms with E-state index in [2.05, 4.69) is 19.1 Å². The molecule has 0 heterocycles. The van der Waals surface area contributed by atoms with E-state index in [1.54, 1.807) is 14.2 Å². The van der Waals surface area contributed by atoms with Crippen LogP contribution < -0.4 is 0 Å². The van der Waals surface area contributed by atoms with Crippen LogP contribution in [0.3, 0.4) is 0 Å². The van der Waals surface area contributed by atoms with Crippen LogP contribution >= 0.6 is 0 Å². The second-order valence-electron chi connectivity index (χ2n) is 5.73. The standard InChI is InChI=1S/C21H26O3/c1-4-5-6-8-16-11-13-17(14-12-16)20(22)18-9-7-10-19(15-18)21(23-2)24-3/h6-15,20-22H,4-5H2,1-3H3. The summed E-state index contributed by atoms with van der Waals surface area (Å²) in [6.45, 7) is 2.16. The van der Waals surface area contributed by atoms with E-state index in [0.717, 1.165) is 35.1 Å². The predicted molar refractivity (Wildman–Crippen MR) is 97.6 cm³/mol. The van der Waals surface area contributed by atoms with Gasteiger partial charge in [0.05, 0.1) is 0 Å². The third kappa shape index (κ3) is 4.78. The minimum atomic E-state index is -0.673. The molecule has 0 saturated heterocycles. The van der Waals surface area contributed by atoms with Gasteiger partial charge in [0.1, 0.15) is 6.10 Å². The van der Waals surface area contributed by atoms with Gasteiger partial charge in [-0.05, 0) is 29.2 Å². The first-order valence-corrected chi connectivity index (χ1v) is 8.29. The zero-order chi connectivity index (χ0) is 17.4. The molecule has 1 unspecified atom stereocenters. The van der Waals surface area contributed by atoms with Crippen molar-refractivity contribution >= 4 is 6.08 Å². The van der Waals surface area contributed by atoms with Crippen molar-refractivity contribution < 1.29 is 14.6 Å². The van der Waals surface area contributed by atoms with Crippen LogP contribution in [0.25, 0.3) is 6.08 Å². The molecule has 1 atom stereocenters. The van der Waals surface area contributed by atoms with Crippen molar-refractivity contribution in [3.05, 3.63) is 76.9 Å². The largest absolute Gasteiger partial charge is 0.384 e. The van der Waals surface area contributed by atoms with E-state index >= 15 is 0 Å². The zero-order valence-corrected chi connectivity index (χ0v) is 14.6. The number of aliphatic hydroxyl groups excluding tert-OH is 1. The van der Waals surface area contributed by atoms with Gasteiger partial charge in [0.2, 0.25) is 0 Å². The summed E-state index contributed by atoms with van der Waals surface area (Å²) in [6, 6.07) is 15.6. The molecule has 0 radical (unpaired) electrons. The van der Waals surface area contributed by atoms with Crippen LogP contribution in [0.2, 0.25) is 0 Å². The van der Waals surface area contributed by atoms with Crippen LogP contribution in [0.1, 0.15) is 54.4 Å². The highest BCUT2D eigenvalue weighted by molar-refractivity contribution is 5.50. The van der Waals surface area contributed by atoms with Gasteiger partial charge >= 0.3 is 0 Å². The summed E-state index contributed by atoms with van der Waals surface area (Å²) >= 11 is 0. The number of allylic oxidation sites excluding steroid dienone is 1. The Bertz CT molecular complexity index is 642. The number of unbranched alkanes of at least 4 members (excludes halogenated alkanes) is 1. The number of aliphatic hydroxyl groups is 1. The molecule has 3 nitrogen and oxygen atoms in total. The Morgan fingerprint density at radius 2 is 1.62 bits per heavy atom. The molecule has 0 bridgehead atoms. The smallest absolute Gasteiger partial charge is 0.183 e. The number of benzene rings is 2. The van der Waals surface area contributed by atoms with Crippen LogP contribution in [-0.4, -0.2) is 19.3 Å². The molecule has 0 saturated carbocycles. The van der Waals surface area contributed by atoms with Gasteiger partial charge in [-0.3, -0.25) is 0 Å². The fraction of sp³-hybridized carbons (Fsp3) is 0.333. The van der Waals surface area contributed by atoms with Crippen LogP contribution in [0, 0.1) is 0 Å². The van der Waals surface area contributed by atoms with Gasteiger partial charge in [0.15, 0.2) is 6.29 Å². The first kappa shape index (κ1) is 18.4. The maximum absolute atomic E-state index is 10.6. The van der Waals surface area contributed by atoms with Crippen molar-refractivity contribution in [3.63, 3.8) is 0 Å². The van der Waals surface area contributed by atoms with Crippen LogP contribution in [-0.2, 0) is 9.47 Å². The summed E-state index contributed by atoms with van der Waals surface area (Å²) in [5.74, 6) is 0. The Hall–Kier alpha value is -1.94. The highest BCUT2D eigenvalue weighted by Crippen LogP contribution is 2.26. The molecule has 1 N–H and O–H groups in total. The van der Waals surface area contributed by atoms with Crippen molar-refractivity contribution in [2.75, 3.05) is 14.2 Å². The molecule has 0 aliphatic carbocycles. The molecule has 0 amide bonds. The quantitative estimate of drug-likeness (QED) is 0.703. The molecule has 3 heteroatoms. The molecule has 0 spiro atoms. The van der Waals surface area contributed by atoms with Gasteiger partial charge in [-0.2, -0.15) is 0 Å². The van der Waals surface area contributed by atoms with E-state index in [9.17, 15) is 5.11 Å². The van der Waals surface area contributed by atoms with E-state index in [1.165, 1.54) is 0 Å². The fourth-order valence-corrected chi connectivity index (χ4v) is 2.61. The van der Waals surface area contributed by atoms with Crippen molar-refractivity contribution in [3.8, 4) is 0 Å². The lowest BCUT2D eigenvalue weighted by Crippen LogP contribution is -2.06. The Morgan fingerprint density at radius 1 is 0.958 bits per heavy atom.